The van der Waals surface area contributed by atoms with Crippen LogP contribution in [-0.2, 0) is 20.6 Å². The average molecular weight is 377 g/mol. The van der Waals surface area contributed by atoms with Crippen LogP contribution in [0.1, 0.15) is 29.9 Å². The fourth-order valence-electron chi connectivity index (χ4n) is 3.78. The van der Waals surface area contributed by atoms with Gasteiger partial charge in [-0.05, 0) is 41.8 Å². The van der Waals surface area contributed by atoms with Crippen molar-refractivity contribution in [3.8, 4) is 0 Å². The number of nitrogens with two attached hydrogens (primary N) is 1. The Bertz CT molecular complexity index is 1340. The third kappa shape index (κ3) is 2.66. The van der Waals surface area contributed by atoms with Gasteiger partial charge in [-0.2, -0.15) is 0 Å². The summed E-state index contributed by atoms with van der Waals surface area (Å²) in [6, 6.07) is 11.8. The van der Waals surface area contributed by atoms with Crippen LogP contribution in [0.3, 0.4) is 0 Å². The number of hydrogen-bond acceptors (Lipinski definition) is 4. The van der Waals surface area contributed by atoms with Gasteiger partial charge in [0.25, 0.3) is 5.56 Å². The predicted octanol–water partition coefficient (Wildman–Crippen LogP) is 1.96. The largest absolute Gasteiger partial charge is 0.332 e. The molecule has 2 aromatic heterocycles. The van der Waals surface area contributed by atoms with Gasteiger partial charge in [0.05, 0.1) is 12.6 Å². The van der Waals surface area contributed by atoms with Gasteiger partial charge in [-0.1, -0.05) is 30.3 Å². The number of hydrogen-bond donors (Lipinski definition) is 1. The lowest BCUT2D eigenvalue weighted by molar-refractivity contribution is 0.654. The fraction of sp³-hybridized carbons (Fsp3) is 0.286. The van der Waals surface area contributed by atoms with Gasteiger partial charge in [-0.25, -0.2) is 9.78 Å². The van der Waals surface area contributed by atoms with Gasteiger partial charge >= 0.3 is 5.69 Å². The minimum absolute atomic E-state index is 0.198. The van der Waals surface area contributed by atoms with Crippen LogP contribution < -0.4 is 17.0 Å². The molecule has 0 spiro atoms. The summed E-state index contributed by atoms with van der Waals surface area (Å²) < 4.78 is 4.35. The van der Waals surface area contributed by atoms with E-state index < -0.39 is 5.69 Å². The quantitative estimate of drug-likeness (QED) is 0.591. The highest BCUT2D eigenvalue weighted by Crippen LogP contribution is 2.20. The van der Waals surface area contributed by atoms with Gasteiger partial charge in [0, 0.05) is 14.1 Å². The molecule has 0 amide bonds. The Morgan fingerprint density at radius 3 is 2.57 bits per heavy atom. The van der Waals surface area contributed by atoms with Crippen molar-refractivity contribution in [2.24, 2.45) is 19.8 Å². The van der Waals surface area contributed by atoms with Gasteiger partial charge in [-0.15, -0.1) is 0 Å². The summed E-state index contributed by atoms with van der Waals surface area (Å²) in [6.07, 6.45) is 0. The lowest BCUT2D eigenvalue weighted by atomic mass is 10.0. The topological polar surface area (TPSA) is 87.8 Å². The molecule has 144 valence electrons. The molecule has 0 aliphatic heterocycles. The van der Waals surface area contributed by atoms with Crippen molar-refractivity contribution in [2.45, 2.75) is 26.4 Å². The zero-order chi connectivity index (χ0) is 20.2. The number of imidazole rings is 1. The first-order chi connectivity index (χ1) is 13.3. The summed E-state index contributed by atoms with van der Waals surface area (Å²) in [6.45, 7) is 4.06. The molecule has 4 rings (SSSR count). The molecular weight excluding hydrogens is 354 g/mol. The van der Waals surface area contributed by atoms with Gasteiger partial charge in [0.1, 0.15) is 5.82 Å². The van der Waals surface area contributed by atoms with Crippen LogP contribution in [0, 0.1) is 6.92 Å². The van der Waals surface area contributed by atoms with Crippen LogP contribution in [0.15, 0.2) is 46.0 Å². The van der Waals surface area contributed by atoms with Crippen molar-refractivity contribution in [3.05, 3.63) is 74.2 Å². The highest BCUT2D eigenvalue weighted by molar-refractivity contribution is 5.86. The maximum atomic E-state index is 13.1. The number of nitrogens with zero attached hydrogens (tertiary/aromatic N) is 4. The van der Waals surface area contributed by atoms with E-state index >= 15 is 0 Å². The second kappa shape index (κ2) is 6.45. The molecule has 2 N–H and O–H groups in total. The summed E-state index contributed by atoms with van der Waals surface area (Å²) in [7, 11) is 3.38. The van der Waals surface area contributed by atoms with Crippen LogP contribution in [0.25, 0.3) is 21.9 Å². The minimum Gasteiger partial charge on any atom is -0.324 e. The summed E-state index contributed by atoms with van der Waals surface area (Å²) >= 11 is 0. The number of benzene rings is 2. The second-order valence-corrected chi connectivity index (χ2v) is 7.35. The Kier molecular flexibility index (Phi) is 4.19. The molecule has 2 heterocycles. The number of rotatable bonds is 3. The van der Waals surface area contributed by atoms with E-state index in [-0.39, 0.29) is 18.1 Å². The number of fused-ring (bicyclic) bond motifs is 2. The molecule has 1 atom stereocenters. The first-order valence-corrected chi connectivity index (χ1v) is 9.19. The molecule has 0 saturated carbocycles. The van der Waals surface area contributed by atoms with Crippen molar-refractivity contribution in [1.82, 2.24) is 18.7 Å². The molecule has 4 aromatic rings. The maximum absolute atomic E-state index is 13.1. The lowest BCUT2D eigenvalue weighted by Gasteiger charge is -2.10. The van der Waals surface area contributed by atoms with Crippen LogP contribution in [0.4, 0.5) is 0 Å². The molecule has 0 radical (unpaired) electrons. The van der Waals surface area contributed by atoms with Crippen LogP contribution in [-0.4, -0.2) is 18.7 Å². The Morgan fingerprint density at radius 1 is 1.11 bits per heavy atom. The normalized spacial score (nSPS) is 12.8. The maximum Gasteiger partial charge on any atom is 0.332 e. The van der Waals surface area contributed by atoms with E-state index in [1.54, 1.807) is 25.6 Å². The molecule has 0 saturated heterocycles. The van der Waals surface area contributed by atoms with Crippen molar-refractivity contribution >= 4 is 21.9 Å². The summed E-state index contributed by atoms with van der Waals surface area (Å²) in [5, 5.41) is 2.25. The van der Waals surface area contributed by atoms with Gasteiger partial charge in [0.15, 0.2) is 11.2 Å². The van der Waals surface area contributed by atoms with E-state index in [9.17, 15) is 9.59 Å². The SMILES string of the molecule is Cc1cccc2cc(Cn3c(=O)c4c(nc(C(C)N)n4C)n(C)c3=O)ccc12. The van der Waals surface area contributed by atoms with Crippen molar-refractivity contribution in [3.63, 3.8) is 0 Å². The molecule has 28 heavy (non-hydrogen) atoms. The van der Waals surface area contributed by atoms with E-state index in [4.69, 9.17) is 5.73 Å². The Hall–Kier alpha value is -3.19. The summed E-state index contributed by atoms with van der Waals surface area (Å²) in [5.74, 6) is 0.570. The lowest BCUT2D eigenvalue weighted by Crippen LogP contribution is -2.39. The van der Waals surface area contributed by atoms with E-state index in [0.29, 0.717) is 17.0 Å². The first-order valence-electron chi connectivity index (χ1n) is 9.19. The highest BCUT2D eigenvalue weighted by atomic mass is 16.2. The summed E-state index contributed by atoms with van der Waals surface area (Å²) in [5.41, 5.74) is 8.04. The third-order valence-corrected chi connectivity index (χ3v) is 5.31. The smallest absolute Gasteiger partial charge is 0.324 e. The zero-order valence-electron chi connectivity index (χ0n) is 16.4. The molecule has 0 aliphatic carbocycles. The number of aromatic nitrogens is 4. The van der Waals surface area contributed by atoms with Crippen molar-refractivity contribution in [2.75, 3.05) is 0 Å². The van der Waals surface area contributed by atoms with E-state index in [0.717, 1.165) is 16.3 Å². The molecule has 7 heteroatoms. The molecule has 7 nitrogen and oxygen atoms in total. The predicted molar refractivity (Wildman–Crippen MR) is 111 cm³/mol. The standard InChI is InChI=1S/C21H23N5O2/c1-12-6-5-7-15-10-14(8-9-16(12)15)11-26-20(27)17-19(25(4)21(26)28)23-18(13(2)22)24(17)3/h5-10,13H,11,22H2,1-4H3. The van der Waals surface area contributed by atoms with Crippen molar-refractivity contribution < 1.29 is 0 Å². The van der Waals surface area contributed by atoms with Crippen LogP contribution in [0.2, 0.25) is 0 Å². The molecule has 0 fully saturated rings. The second-order valence-electron chi connectivity index (χ2n) is 7.35. The Morgan fingerprint density at radius 2 is 1.86 bits per heavy atom. The van der Waals surface area contributed by atoms with Crippen LogP contribution >= 0.6 is 0 Å². The van der Waals surface area contributed by atoms with Gasteiger partial charge in [-0.3, -0.25) is 13.9 Å². The highest BCUT2D eigenvalue weighted by Gasteiger charge is 2.20. The molecule has 0 aliphatic rings. The fourth-order valence-corrected chi connectivity index (χ4v) is 3.78. The Labute approximate surface area is 161 Å². The zero-order valence-corrected chi connectivity index (χ0v) is 16.4. The van der Waals surface area contributed by atoms with E-state index in [1.165, 1.54) is 14.7 Å². The van der Waals surface area contributed by atoms with E-state index in [1.807, 2.05) is 30.3 Å². The average Bonchev–Trinajstić information content (AvgIpc) is 3.01. The molecule has 0 bridgehead atoms. The first kappa shape index (κ1) is 18.2. The Balaban J connectivity index is 1.91. The van der Waals surface area contributed by atoms with E-state index in [2.05, 4.69) is 18.0 Å². The third-order valence-electron chi connectivity index (χ3n) is 5.31. The minimum atomic E-state index is -0.392. The van der Waals surface area contributed by atoms with Crippen LogP contribution in [0.5, 0.6) is 0 Å². The van der Waals surface area contributed by atoms with Crippen molar-refractivity contribution in [1.29, 1.82) is 0 Å². The molecule has 2 aromatic carbocycles. The summed E-state index contributed by atoms with van der Waals surface area (Å²) in [4.78, 5) is 30.4. The number of aryl methyl sites for hydroxylation is 3. The molecule has 1 unspecified atom stereocenters. The molecular formula is C21H23N5O2. The van der Waals surface area contributed by atoms with Gasteiger partial charge < -0.3 is 10.3 Å². The monoisotopic (exact) mass is 377 g/mol. The van der Waals surface area contributed by atoms with Gasteiger partial charge in [0.2, 0.25) is 0 Å².